The maximum Gasteiger partial charge on any atom is 0.407 e. The average molecular weight is 380 g/mol. The number of alkyl carbamates (subject to hydrolysis) is 1. The molecule has 0 bridgehead atoms. The summed E-state index contributed by atoms with van der Waals surface area (Å²) in [6.45, 7) is 4.94. The van der Waals surface area contributed by atoms with Gasteiger partial charge in [-0.05, 0) is 43.1 Å². The Bertz CT molecular complexity index is 493. The quantitative estimate of drug-likeness (QED) is 0.282. The van der Waals surface area contributed by atoms with Gasteiger partial charge in [0.05, 0.1) is 0 Å². The molecule has 0 radical (unpaired) electrons. The molecule has 0 spiro atoms. The standard InChI is InChI=1S/C22H37NO2S/c1-3-4-5-6-7-8-9-10-16-21(20-15-12-11-14-19(20)2)25-22(24)23-17-13-18-26/h11-12,14-15,21,26H,3-10,13,16-18H2,1-2H3,(H,23,24). The maximum absolute atomic E-state index is 12.1. The summed E-state index contributed by atoms with van der Waals surface area (Å²) in [6, 6.07) is 8.20. The minimum Gasteiger partial charge on any atom is -0.441 e. The Morgan fingerprint density at radius 1 is 1.04 bits per heavy atom. The van der Waals surface area contributed by atoms with E-state index in [9.17, 15) is 4.79 Å². The Morgan fingerprint density at radius 2 is 1.69 bits per heavy atom. The molecule has 0 fully saturated rings. The molecule has 0 aliphatic carbocycles. The van der Waals surface area contributed by atoms with Crippen molar-refractivity contribution in [3.05, 3.63) is 35.4 Å². The lowest BCUT2D eigenvalue weighted by Gasteiger charge is -2.20. The number of hydrogen-bond acceptors (Lipinski definition) is 3. The Morgan fingerprint density at radius 3 is 2.35 bits per heavy atom. The summed E-state index contributed by atoms with van der Waals surface area (Å²) in [6.07, 6.45) is 11.5. The molecule has 4 heteroatoms. The first-order valence-electron chi connectivity index (χ1n) is 10.3. The lowest BCUT2D eigenvalue weighted by atomic mass is 9.98. The Hall–Kier alpha value is -1.16. The van der Waals surface area contributed by atoms with Crippen LogP contribution in [0.2, 0.25) is 0 Å². The van der Waals surface area contributed by atoms with Crippen LogP contribution in [0.1, 0.15) is 88.4 Å². The zero-order chi connectivity index (χ0) is 19.0. The van der Waals surface area contributed by atoms with Gasteiger partial charge < -0.3 is 10.1 Å². The minimum atomic E-state index is -0.320. The molecule has 1 rings (SSSR count). The molecular formula is C22H37NO2S. The van der Waals surface area contributed by atoms with Gasteiger partial charge in [0.2, 0.25) is 0 Å². The molecule has 0 saturated heterocycles. The van der Waals surface area contributed by atoms with Crippen LogP contribution in [0.25, 0.3) is 0 Å². The van der Waals surface area contributed by atoms with Gasteiger partial charge in [-0.15, -0.1) is 0 Å². The smallest absolute Gasteiger partial charge is 0.407 e. The fraction of sp³-hybridized carbons (Fsp3) is 0.682. The molecule has 0 saturated carbocycles. The molecule has 1 amide bonds. The fourth-order valence-corrected chi connectivity index (χ4v) is 3.29. The molecule has 1 unspecified atom stereocenters. The minimum absolute atomic E-state index is 0.160. The summed E-state index contributed by atoms with van der Waals surface area (Å²) < 4.78 is 5.75. The van der Waals surface area contributed by atoms with Crippen molar-refractivity contribution in [2.75, 3.05) is 12.3 Å². The molecule has 0 aliphatic rings. The van der Waals surface area contributed by atoms with E-state index in [1.807, 2.05) is 12.1 Å². The number of hydrogen-bond donors (Lipinski definition) is 2. The van der Waals surface area contributed by atoms with Gasteiger partial charge in [-0.3, -0.25) is 0 Å². The van der Waals surface area contributed by atoms with Gasteiger partial charge >= 0.3 is 6.09 Å². The molecular weight excluding hydrogens is 342 g/mol. The monoisotopic (exact) mass is 379 g/mol. The van der Waals surface area contributed by atoms with Gasteiger partial charge in [0.25, 0.3) is 0 Å². The number of unbranched alkanes of at least 4 members (excludes halogenated alkanes) is 7. The second-order valence-corrected chi connectivity index (χ2v) is 7.47. The molecule has 0 aliphatic heterocycles. The van der Waals surface area contributed by atoms with E-state index >= 15 is 0 Å². The third-order valence-electron chi connectivity index (χ3n) is 4.71. The van der Waals surface area contributed by atoms with Crippen LogP contribution in [0.4, 0.5) is 4.79 Å². The highest BCUT2D eigenvalue weighted by molar-refractivity contribution is 7.80. The molecule has 148 valence electrons. The largest absolute Gasteiger partial charge is 0.441 e. The normalized spacial score (nSPS) is 12.0. The maximum atomic E-state index is 12.1. The summed E-state index contributed by atoms with van der Waals surface area (Å²) in [5, 5.41) is 2.82. The highest BCUT2D eigenvalue weighted by atomic mass is 32.1. The number of nitrogens with one attached hydrogen (secondary N) is 1. The first kappa shape index (κ1) is 22.9. The lowest BCUT2D eigenvalue weighted by molar-refractivity contribution is 0.0905. The zero-order valence-corrected chi connectivity index (χ0v) is 17.5. The molecule has 1 N–H and O–H groups in total. The van der Waals surface area contributed by atoms with E-state index in [2.05, 4.69) is 43.9 Å². The van der Waals surface area contributed by atoms with Gasteiger partial charge in [-0.25, -0.2) is 4.79 Å². The summed E-state index contributed by atoms with van der Waals surface area (Å²) in [4.78, 5) is 12.1. The van der Waals surface area contributed by atoms with Crippen molar-refractivity contribution in [1.82, 2.24) is 5.32 Å². The van der Waals surface area contributed by atoms with Crippen molar-refractivity contribution in [2.24, 2.45) is 0 Å². The number of carbonyl (C=O) groups excluding carboxylic acids is 1. The van der Waals surface area contributed by atoms with Crippen LogP contribution in [0.15, 0.2) is 24.3 Å². The van der Waals surface area contributed by atoms with Crippen LogP contribution in [0.5, 0.6) is 0 Å². The highest BCUT2D eigenvalue weighted by Gasteiger charge is 2.18. The van der Waals surface area contributed by atoms with Gasteiger partial charge in [0.15, 0.2) is 0 Å². The van der Waals surface area contributed by atoms with Crippen LogP contribution in [-0.4, -0.2) is 18.4 Å². The van der Waals surface area contributed by atoms with E-state index in [4.69, 9.17) is 4.74 Å². The number of thiol groups is 1. The Balaban J connectivity index is 2.44. The Kier molecular flexibility index (Phi) is 13.2. The number of carbonyl (C=O) groups is 1. The zero-order valence-electron chi connectivity index (χ0n) is 16.6. The highest BCUT2D eigenvalue weighted by Crippen LogP contribution is 2.27. The van der Waals surface area contributed by atoms with Crippen LogP contribution >= 0.6 is 12.6 Å². The van der Waals surface area contributed by atoms with E-state index in [1.165, 1.54) is 50.5 Å². The molecule has 0 heterocycles. The second-order valence-electron chi connectivity index (χ2n) is 7.02. The van der Waals surface area contributed by atoms with Crippen molar-refractivity contribution in [3.63, 3.8) is 0 Å². The number of aryl methyl sites for hydroxylation is 1. The van der Waals surface area contributed by atoms with Crippen LogP contribution in [0.3, 0.4) is 0 Å². The van der Waals surface area contributed by atoms with E-state index < -0.39 is 0 Å². The van der Waals surface area contributed by atoms with Crippen LogP contribution in [0, 0.1) is 6.92 Å². The topological polar surface area (TPSA) is 38.3 Å². The summed E-state index contributed by atoms with van der Waals surface area (Å²) in [5.41, 5.74) is 2.31. The predicted molar refractivity (Wildman–Crippen MR) is 114 cm³/mol. The van der Waals surface area contributed by atoms with Gasteiger partial charge in [-0.1, -0.05) is 76.1 Å². The van der Waals surface area contributed by atoms with Crippen molar-refractivity contribution in [2.45, 2.75) is 84.2 Å². The fourth-order valence-electron chi connectivity index (χ4n) is 3.13. The number of rotatable bonds is 14. The number of benzene rings is 1. The summed E-state index contributed by atoms with van der Waals surface area (Å²) in [7, 11) is 0. The van der Waals surface area contributed by atoms with Gasteiger partial charge in [-0.2, -0.15) is 12.6 Å². The van der Waals surface area contributed by atoms with Crippen LogP contribution < -0.4 is 5.32 Å². The summed E-state index contributed by atoms with van der Waals surface area (Å²) >= 11 is 4.16. The SMILES string of the molecule is CCCCCCCCCCC(OC(=O)NCCCS)c1ccccc1C. The molecule has 26 heavy (non-hydrogen) atoms. The molecule has 0 aromatic heterocycles. The van der Waals surface area contributed by atoms with Crippen molar-refractivity contribution in [1.29, 1.82) is 0 Å². The van der Waals surface area contributed by atoms with Crippen molar-refractivity contribution in [3.8, 4) is 0 Å². The van der Waals surface area contributed by atoms with E-state index in [0.29, 0.717) is 6.54 Å². The number of amides is 1. The van der Waals surface area contributed by atoms with E-state index in [-0.39, 0.29) is 12.2 Å². The van der Waals surface area contributed by atoms with Crippen LogP contribution in [-0.2, 0) is 4.74 Å². The molecule has 1 atom stereocenters. The molecule has 1 aromatic carbocycles. The lowest BCUT2D eigenvalue weighted by Crippen LogP contribution is -2.27. The van der Waals surface area contributed by atoms with Crippen molar-refractivity contribution < 1.29 is 9.53 Å². The molecule has 1 aromatic rings. The van der Waals surface area contributed by atoms with E-state index in [1.54, 1.807) is 0 Å². The predicted octanol–water partition coefficient (Wildman–Crippen LogP) is 6.61. The Labute approximate surface area is 165 Å². The van der Waals surface area contributed by atoms with Gasteiger partial charge in [0.1, 0.15) is 6.10 Å². The number of ether oxygens (including phenoxy) is 1. The molecule has 3 nitrogen and oxygen atoms in total. The second kappa shape index (κ2) is 15.0. The third-order valence-corrected chi connectivity index (χ3v) is 5.02. The summed E-state index contributed by atoms with van der Waals surface area (Å²) in [5.74, 6) is 0.764. The van der Waals surface area contributed by atoms with E-state index in [0.717, 1.165) is 30.6 Å². The third kappa shape index (κ3) is 10.1. The van der Waals surface area contributed by atoms with Crippen molar-refractivity contribution >= 4 is 18.7 Å². The average Bonchev–Trinajstić information content (AvgIpc) is 2.63. The first-order chi connectivity index (χ1) is 12.7. The first-order valence-corrected chi connectivity index (χ1v) is 10.9. The van der Waals surface area contributed by atoms with Gasteiger partial charge in [0, 0.05) is 6.54 Å².